The summed E-state index contributed by atoms with van der Waals surface area (Å²) in [5.74, 6) is -2.66. The van der Waals surface area contributed by atoms with Crippen molar-refractivity contribution >= 4 is 178 Å². The molecule has 0 spiro atoms. The highest BCUT2D eigenvalue weighted by Crippen LogP contribution is 2.35. The van der Waals surface area contributed by atoms with Crippen molar-refractivity contribution in [1.82, 2.24) is 61.3 Å². The topological polar surface area (TPSA) is 345 Å². The molecule has 0 bridgehead atoms. The van der Waals surface area contributed by atoms with Crippen LogP contribution in [0.15, 0.2) is 176 Å². The van der Waals surface area contributed by atoms with Gasteiger partial charge in [0.05, 0.1) is 111 Å². The molecule has 7 atom stereocenters. The van der Waals surface area contributed by atoms with Crippen molar-refractivity contribution in [2.75, 3.05) is 32.8 Å². The van der Waals surface area contributed by atoms with Gasteiger partial charge in [-0.3, -0.25) is 57.5 Å². The Labute approximate surface area is 829 Å². The Morgan fingerprint density at radius 1 is 0.353 bits per heavy atom. The molecule has 2 aliphatic heterocycles. The minimum atomic E-state index is -4.66. The van der Waals surface area contributed by atoms with Gasteiger partial charge in [-0.1, -0.05) is 235 Å². The van der Waals surface area contributed by atoms with Crippen molar-refractivity contribution in [2.24, 2.45) is 11.8 Å². The zero-order chi connectivity index (χ0) is 99.3. The summed E-state index contributed by atoms with van der Waals surface area (Å²) in [6.45, 7) is 15.6. The number of rotatable bonds is 40. The number of unbranched alkanes of at least 4 members (excludes halogenated alkanes) is 10. The number of halogens is 3. The summed E-state index contributed by atoms with van der Waals surface area (Å²) in [4.78, 5) is 178. The van der Waals surface area contributed by atoms with E-state index in [1.54, 1.807) is 28.0 Å². The van der Waals surface area contributed by atoms with Gasteiger partial charge in [0.15, 0.2) is 31.1 Å². The zero-order valence-corrected chi connectivity index (χ0v) is 84.0. The summed E-state index contributed by atoms with van der Waals surface area (Å²) in [7, 11) is 0. The van der Waals surface area contributed by atoms with Crippen LogP contribution in [0.3, 0.4) is 0 Å². The van der Waals surface area contributed by atoms with Crippen molar-refractivity contribution in [1.29, 1.82) is 0 Å². The van der Waals surface area contributed by atoms with Crippen LogP contribution in [-0.4, -0.2) is 174 Å². The molecule has 7 unspecified atom stereocenters. The van der Waals surface area contributed by atoms with Gasteiger partial charge in [-0.2, -0.15) is 13.2 Å². The molecular weight excluding hydrogens is 1870 g/mol. The molecule has 3 aliphatic rings. The number of Topliss-reactive ketones (excluding diaryl/α,β-unsaturated/α-hetero) is 5. The number of fused-ring (bicyclic) bond motifs is 5. The fraction of sp³-hybridized carbons (Fsp3) is 0.443. The van der Waals surface area contributed by atoms with E-state index in [2.05, 4.69) is 79.2 Å². The van der Waals surface area contributed by atoms with Crippen molar-refractivity contribution in [3.05, 3.63) is 218 Å². The molecule has 15 rings (SSSR count). The molecule has 5 aromatic heterocycles. The Bertz CT molecular complexity index is 5820. The van der Waals surface area contributed by atoms with E-state index in [1.807, 2.05) is 140 Å². The zero-order valence-electron chi connectivity index (χ0n) is 79.9. The van der Waals surface area contributed by atoms with E-state index in [4.69, 9.17) is 4.74 Å². The summed E-state index contributed by atoms with van der Waals surface area (Å²) < 4.78 is 50.1. The second-order valence-corrected chi connectivity index (χ2v) is 40.1. The second kappa shape index (κ2) is 54.8. The molecule has 7 amide bonds. The van der Waals surface area contributed by atoms with Gasteiger partial charge >= 0.3 is 6.18 Å². The third-order valence-electron chi connectivity index (χ3n) is 24.4. The first-order valence-corrected chi connectivity index (χ1v) is 52.6. The fourth-order valence-electron chi connectivity index (χ4n) is 16.6. The number of carbonyl (C=O) groups is 12. The van der Waals surface area contributed by atoms with E-state index >= 15 is 0 Å². The van der Waals surface area contributed by atoms with Gasteiger partial charge in [-0.05, 0) is 143 Å². The van der Waals surface area contributed by atoms with Gasteiger partial charge in [0.1, 0.15) is 0 Å². The van der Waals surface area contributed by atoms with E-state index in [9.17, 15) is 70.7 Å². The van der Waals surface area contributed by atoms with Crippen molar-refractivity contribution < 1.29 is 75.4 Å². The number of morpholine rings is 1. The number of carbonyl (C=O) groups excluding carboxylic acids is 12. The fourth-order valence-corrected chi connectivity index (χ4v) is 21.4. The maximum atomic E-state index is 13.3. The summed E-state index contributed by atoms with van der Waals surface area (Å²) in [6.07, 6.45) is 17.4. The number of para-hydroxylation sites is 5. The normalized spacial score (nSPS) is 15.4. The largest absolute Gasteiger partial charge is 0.417 e. The van der Waals surface area contributed by atoms with Crippen LogP contribution in [0.1, 0.15) is 291 Å². The number of nitrogens with zero attached hydrogens (tertiary/aromatic N) is 7. The monoisotopic (exact) mass is 1990 g/mol. The van der Waals surface area contributed by atoms with Crippen molar-refractivity contribution in [2.45, 2.75) is 258 Å². The van der Waals surface area contributed by atoms with E-state index < -0.39 is 59.5 Å². The minimum Gasteiger partial charge on any atom is -0.365 e. The number of benzene rings is 7. The third-order valence-corrected chi connectivity index (χ3v) is 29.7. The Morgan fingerprint density at radius 3 is 1.00 bits per heavy atom. The molecule has 3 fully saturated rings. The number of ether oxygens (including phenoxy) is 1. The van der Waals surface area contributed by atoms with Gasteiger partial charge in [0.2, 0.25) is 52.5 Å². The average Bonchev–Trinajstić information content (AvgIpc) is 1.78. The number of nitrogens with one attached hydrogen (secondary N) is 5. The Morgan fingerprint density at radius 2 is 0.655 bits per heavy atom. The summed E-state index contributed by atoms with van der Waals surface area (Å²) in [5.41, 5.74) is 2.98. The van der Waals surface area contributed by atoms with Gasteiger partial charge in [0, 0.05) is 45.0 Å². The van der Waals surface area contributed by atoms with Gasteiger partial charge in [0.25, 0.3) is 17.7 Å². The Kier molecular flexibility index (Phi) is 42.5. The predicted octanol–water partition coefficient (Wildman–Crippen LogP) is 22.1. The molecule has 1 aliphatic carbocycles. The quantitative estimate of drug-likeness (QED) is 0.0176. The van der Waals surface area contributed by atoms with Crippen molar-refractivity contribution in [3.63, 3.8) is 0 Å². The number of thiazole rings is 5. The molecular formula is C106H125F3N12O13S5. The molecule has 5 N–H and O–H groups in total. The lowest BCUT2D eigenvalue weighted by Gasteiger charge is -2.32. The number of hydrogen-bond acceptors (Lipinski definition) is 23. The number of hydrogen-bond donors (Lipinski definition) is 5. The van der Waals surface area contributed by atoms with Gasteiger partial charge < -0.3 is 41.1 Å². The molecule has 738 valence electrons. The van der Waals surface area contributed by atoms with Crippen LogP contribution in [0.2, 0.25) is 0 Å². The highest BCUT2D eigenvalue weighted by molar-refractivity contribution is 7.22. The highest BCUT2D eigenvalue weighted by Gasteiger charge is 2.39. The minimum absolute atomic E-state index is 0.00690. The van der Waals surface area contributed by atoms with Crippen LogP contribution in [0, 0.1) is 11.8 Å². The lowest BCUT2D eigenvalue weighted by molar-refractivity contribution is -0.146. The summed E-state index contributed by atoms with van der Waals surface area (Å²) >= 11 is 6.73. The Balaban J connectivity index is 0.000000167. The standard InChI is InChI=1S/C22H21F3N2O2S.C22H29N3O3S.C21H27N3O4S.C21H22N2O2S.C20H26N2O2S/c1-2-3-4-12-17(19(28)21-27-16-11-7-8-13-18(16)30-21)26-20(29)14-9-5-6-10-15(14)22(23,24)25;1-3-4-5-11-18(20(27)22-24-17-10-6-7-12-19(17)29-22)23-21(28)16-9-8-13-25(14-16)15(2)26;1-3-4-5-9-16(19(26)21-23-15-8-6-7-10-18(15)29-21)22-20(27)17-13-24(14(2)25)11-12-28-17;1-2-3-5-13-17(22-20(25)15-10-6-4-7-11-15)19(24)21-23-16-12-8-9-14-18(16)26-21;1-2-3-4-12-16(21-19(24)14-9-5-6-10-14)18(23)20-22-15-11-7-8-13-17(15)25-20/h5-11,13,17H,2-4,12H2,1H3,(H,26,29);6-7,10,12,16,18H,3-5,8-9,11,13-14H2,1-2H3,(H,23,28);6-8,10,16-17H,3-5,9,11-13H2,1-2H3,(H,22,27);4,6-12,14,17H,2-3,5,13H2,1H3,(H,22,25);7-8,11,13-14,16H,2-6,9-10,12H2,1H3,(H,21,24). The molecule has 33 heteroatoms. The van der Waals surface area contributed by atoms with Crippen LogP contribution in [0.5, 0.6) is 0 Å². The van der Waals surface area contributed by atoms with Gasteiger partial charge in [-0.15, -0.1) is 56.7 Å². The summed E-state index contributed by atoms with van der Waals surface area (Å²) in [6, 6.07) is 48.5. The van der Waals surface area contributed by atoms with Crippen LogP contribution in [0.4, 0.5) is 13.2 Å². The molecule has 0 radical (unpaired) electrons. The smallest absolute Gasteiger partial charge is 0.365 e. The van der Waals surface area contributed by atoms with Crippen LogP contribution in [0.25, 0.3) is 51.1 Å². The van der Waals surface area contributed by atoms with E-state index in [1.165, 1.54) is 82.7 Å². The first-order valence-electron chi connectivity index (χ1n) is 48.5. The highest BCUT2D eigenvalue weighted by atomic mass is 32.1. The van der Waals surface area contributed by atoms with E-state index in [0.717, 1.165) is 186 Å². The van der Waals surface area contributed by atoms with Crippen LogP contribution < -0.4 is 26.6 Å². The SMILES string of the molecule is CCCCCC(NC(=O)C1CCCC1)C(=O)c1nc2ccccc2s1.CCCCCC(NC(=O)C1CCCN(C(C)=O)C1)C(=O)c1nc2ccccc2s1.CCCCCC(NC(=O)C1CN(C(C)=O)CCO1)C(=O)c1nc2ccccc2s1.CCCCCC(NC(=O)c1ccccc1)C(=O)c1nc2ccccc2s1.CCCCCC(NC(=O)c1ccccc1C(F)(F)F)C(=O)c1nc2ccccc2s1. The molecule has 12 aromatic rings. The number of likely N-dealkylation sites (tertiary alicyclic amines) is 1. The van der Waals surface area contributed by atoms with Crippen LogP contribution >= 0.6 is 56.7 Å². The lowest BCUT2D eigenvalue weighted by atomic mass is 9.95. The molecule has 1 saturated carbocycles. The summed E-state index contributed by atoms with van der Waals surface area (Å²) in [5, 5.41) is 16.4. The maximum Gasteiger partial charge on any atom is 0.417 e. The van der Waals surface area contributed by atoms with Gasteiger partial charge in [-0.25, -0.2) is 24.9 Å². The molecule has 25 nitrogen and oxygen atoms in total. The maximum absolute atomic E-state index is 13.3. The number of ketones is 5. The number of piperidine rings is 1. The third kappa shape index (κ3) is 31.7. The molecule has 2 saturated heterocycles. The molecule has 7 aromatic carbocycles. The number of alkyl halides is 3. The van der Waals surface area contributed by atoms with Crippen LogP contribution in [-0.2, 0) is 34.9 Å². The molecule has 7 heterocycles. The number of amides is 7. The van der Waals surface area contributed by atoms with Crippen molar-refractivity contribution in [3.8, 4) is 0 Å². The number of aromatic nitrogens is 5. The first-order chi connectivity index (χ1) is 67.2. The average molecular weight is 1990 g/mol. The first kappa shape index (κ1) is 108. The lowest BCUT2D eigenvalue weighted by Crippen LogP contribution is -2.54. The Hall–Kier alpha value is -11.6. The predicted molar refractivity (Wildman–Crippen MR) is 546 cm³/mol. The van der Waals surface area contributed by atoms with E-state index in [0.29, 0.717) is 95.9 Å². The second-order valence-electron chi connectivity index (χ2n) is 35.0. The van der Waals surface area contributed by atoms with E-state index in [-0.39, 0.29) is 87.7 Å². The molecule has 139 heavy (non-hydrogen) atoms.